The predicted octanol–water partition coefficient (Wildman–Crippen LogP) is 2.50. The van der Waals surface area contributed by atoms with Gasteiger partial charge in [-0.1, -0.05) is 0 Å². The first-order valence-corrected chi connectivity index (χ1v) is 6.26. The predicted molar refractivity (Wildman–Crippen MR) is 75.0 cm³/mol. The van der Waals surface area contributed by atoms with Gasteiger partial charge in [-0.3, -0.25) is 4.79 Å². The number of pyridine rings is 1. The summed E-state index contributed by atoms with van der Waals surface area (Å²) >= 11 is 3.14. The number of aromatic hydroxyl groups is 1. The van der Waals surface area contributed by atoms with E-state index in [0.717, 1.165) is 6.07 Å². The normalized spacial score (nSPS) is 10.1. The third kappa shape index (κ3) is 3.12. The molecule has 0 unspecified atom stereocenters. The van der Waals surface area contributed by atoms with Gasteiger partial charge >= 0.3 is 5.97 Å². The molecule has 0 fully saturated rings. The van der Waals surface area contributed by atoms with E-state index >= 15 is 0 Å². The van der Waals surface area contributed by atoms with Gasteiger partial charge in [0.2, 0.25) is 0 Å². The Labute approximate surface area is 122 Å². The number of carboxylic acid groups (broad SMARTS) is 1. The van der Waals surface area contributed by atoms with E-state index in [2.05, 4.69) is 26.2 Å². The molecule has 1 heterocycles. The van der Waals surface area contributed by atoms with Crippen molar-refractivity contribution in [3.05, 3.63) is 52.3 Å². The smallest absolute Gasteiger partial charge is 0.337 e. The number of nitrogens with one attached hydrogen (secondary N) is 1. The zero-order valence-corrected chi connectivity index (χ0v) is 11.6. The number of phenolic OH excluding ortho intramolecular Hbond substituents is 1. The molecule has 20 heavy (non-hydrogen) atoms. The van der Waals surface area contributed by atoms with Crippen molar-refractivity contribution < 1.29 is 19.8 Å². The highest BCUT2D eigenvalue weighted by Crippen LogP contribution is 2.22. The highest BCUT2D eigenvalue weighted by atomic mass is 79.9. The van der Waals surface area contributed by atoms with Gasteiger partial charge in [-0.2, -0.15) is 0 Å². The van der Waals surface area contributed by atoms with Crippen LogP contribution in [0.25, 0.3) is 0 Å². The van der Waals surface area contributed by atoms with Gasteiger partial charge in [0.25, 0.3) is 5.91 Å². The maximum atomic E-state index is 12.0. The van der Waals surface area contributed by atoms with Crippen LogP contribution in [-0.4, -0.2) is 27.1 Å². The number of nitrogens with zero attached hydrogens (tertiary/aromatic N) is 1. The van der Waals surface area contributed by atoms with E-state index in [4.69, 9.17) is 5.11 Å². The van der Waals surface area contributed by atoms with E-state index < -0.39 is 11.9 Å². The summed E-state index contributed by atoms with van der Waals surface area (Å²) in [5.74, 6) is -1.90. The number of carboxylic acids is 1. The number of phenols is 1. The van der Waals surface area contributed by atoms with Crippen LogP contribution in [0.5, 0.6) is 5.75 Å². The Morgan fingerprint density at radius 1 is 1.20 bits per heavy atom. The molecule has 0 aliphatic carbocycles. The van der Waals surface area contributed by atoms with Gasteiger partial charge < -0.3 is 15.5 Å². The molecule has 102 valence electrons. The Hall–Kier alpha value is -2.41. The van der Waals surface area contributed by atoms with Gasteiger partial charge in [0.05, 0.1) is 11.3 Å². The SMILES string of the molecule is O=C(Nc1ccc(O)cc1C(=O)O)c1ccnc(Br)c1. The highest BCUT2D eigenvalue weighted by Gasteiger charge is 2.14. The minimum atomic E-state index is -1.24. The van der Waals surface area contributed by atoms with E-state index in [1.165, 1.54) is 30.5 Å². The van der Waals surface area contributed by atoms with Gasteiger partial charge in [0.15, 0.2) is 0 Å². The molecule has 6 nitrogen and oxygen atoms in total. The number of amides is 1. The molecule has 0 saturated heterocycles. The zero-order valence-electron chi connectivity index (χ0n) is 10.0. The number of aromatic carboxylic acids is 1. The van der Waals surface area contributed by atoms with Crippen LogP contribution in [0, 0.1) is 0 Å². The zero-order chi connectivity index (χ0) is 14.7. The van der Waals surface area contributed by atoms with Crippen LogP contribution in [0.2, 0.25) is 0 Å². The highest BCUT2D eigenvalue weighted by molar-refractivity contribution is 9.10. The summed E-state index contributed by atoms with van der Waals surface area (Å²) in [6.45, 7) is 0. The molecular weight excluding hydrogens is 328 g/mol. The molecule has 2 aromatic rings. The van der Waals surface area contributed by atoms with Crippen molar-refractivity contribution in [1.29, 1.82) is 0 Å². The van der Waals surface area contributed by atoms with Gasteiger partial charge in [-0.05, 0) is 46.3 Å². The Bertz CT molecular complexity index is 688. The Kier molecular flexibility index (Phi) is 3.99. The molecular formula is C13H9BrN2O4. The lowest BCUT2D eigenvalue weighted by atomic mass is 10.1. The van der Waals surface area contributed by atoms with Gasteiger partial charge in [0, 0.05) is 11.8 Å². The number of carbonyl (C=O) groups is 2. The van der Waals surface area contributed by atoms with Crippen LogP contribution < -0.4 is 5.32 Å². The number of aromatic nitrogens is 1. The number of anilines is 1. The molecule has 0 saturated carbocycles. The average molecular weight is 337 g/mol. The van der Waals surface area contributed by atoms with Crippen LogP contribution in [0.3, 0.4) is 0 Å². The number of carbonyl (C=O) groups excluding carboxylic acids is 1. The molecule has 3 N–H and O–H groups in total. The third-order valence-electron chi connectivity index (χ3n) is 2.47. The van der Waals surface area contributed by atoms with Crippen LogP contribution in [0.4, 0.5) is 5.69 Å². The average Bonchev–Trinajstić information content (AvgIpc) is 2.40. The second-order valence-electron chi connectivity index (χ2n) is 3.86. The standard InChI is InChI=1S/C13H9BrN2O4/c14-11-5-7(3-4-15-11)12(18)16-10-2-1-8(17)6-9(10)13(19)20/h1-6,17H,(H,16,18)(H,19,20). The molecule has 0 spiro atoms. The maximum Gasteiger partial charge on any atom is 0.337 e. The molecule has 1 aromatic carbocycles. The minimum absolute atomic E-state index is 0.105. The van der Waals surface area contributed by atoms with Crippen LogP contribution in [-0.2, 0) is 0 Å². The van der Waals surface area contributed by atoms with Crippen molar-refractivity contribution in [3.63, 3.8) is 0 Å². The van der Waals surface area contributed by atoms with E-state index in [1.54, 1.807) is 0 Å². The fourth-order valence-corrected chi connectivity index (χ4v) is 1.92. The quantitative estimate of drug-likeness (QED) is 0.590. The third-order valence-corrected chi connectivity index (χ3v) is 2.90. The number of rotatable bonds is 3. The monoisotopic (exact) mass is 336 g/mol. The van der Waals surface area contributed by atoms with E-state index in [0.29, 0.717) is 10.2 Å². The van der Waals surface area contributed by atoms with Crippen molar-refractivity contribution in [1.82, 2.24) is 4.98 Å². The fourth-order valence-electron chi connectivity index (χ4n) is 1.56. The van der Waals surface area contributed by atoms with E-state index in [-0.39, 0.29) is 17.0 Å². The number of hydrogen-bond donors (Lipinski definition) is 3. The van der Waals surface area contributed by atoms with E-state index in [1.807, 2.05) is 0 Å². The molecule has 0 radical (unpaired) electrons. The van der Waals surface area contributed by atoms with Gasteiger partial charge in [0.1, 0.15) is 10.4 Å². The first-order valence-electron chi connectivity index (χ1n) is 5.46. The maximum absolute atomic E-state index is 12.0. The second-order valence-corrected chi connectivity index (χ2v) is 4.67. The van der Waals surface area contributed by atoms with Crippen molar-refractivity contribution in [2.24, 2.45) is 0 Å². The summed E-state index contributed by atoms with van der Waals surface area (Å²) in [6.07, 6.45) is 1.45. The number of benzene rings is 1. The second kappa shape index (κ2) is 5.70. The summed E-state index contributed by atoms with van der Waals surface area (Å²) in [5, 5.41) is 20.8. The lowest BCUT2D eigenvalue weighted by Gasteiger charge is -2.09. The molecule has 1 aromatic heterocycles. The summed E-state index contributed by atoms with van der Waals surface area (Å²) in [5.41, 5.74) is 0.246. The number of hydrogen-bond acceptors (Lipinski definition) is 4. The first kappa shape index (κ1) is 14.0. The lowest BCUT2D eigenvalue weighted by Crippen LogP contribution is -2.14. The summed E-state index contributed by atoms with van der Waals surface area (Å²) in [4.78, 5) is 27.0. The van der Waals surface area contributed by atoms with Crippen molar-refractivity contribution in [3.8, 4) is 5.75 Å². The molecule has 2 rings (SSSR count). The summed E-state index contributed by atoms with van der Waals surface area (Å²) in [6, 6.07) is 6.70. The van der Waals surface area contributed by atoms with Crippen molar-refractivity contribution >= 4 is 33.5 Å². The van der Waals surface area contributed by atoms with Crippen molar-refractivity contribution in [2.45, 2.75) is 0 Å². The Morgan fingerprint density at radius 3 is 2.60 bits per heavy atom. The van der Waals surface area contributed by atoms with Crippen LogP contribution >= 0.6 is 15.9 Å². The summed E-state index contributed by atoms with van der Waals surface area (Å²) in [7, 11) is 0. The molecule has 0 aliphatic heterocycles. The minimum Gasteiger partial charge on any atom is -0.508 e. The number of halogens is 1. The fraction of sp³-hybridized carbons (Fsp3) is 0. The first-order chi connectivity index (χ1) is 9.47. The van der Waals surface area contributed by atoms with Gasteiger partial charge in [-0.25, -0.2) is 9.78 Å². The molecule has 0 aliphatic rings. The Balaban J connectivity index is 2.30. The van der Waals surface area contributed by atoms with Crippen LogP contribution in [0.1, 0.15) is 20.7 Å². The molecule has 7 heteroatoms. The largest absolute Gasteiger partial charge is 0.508 e. The summed E-state index contributed by atoms with van der Waals surface area (Å²) < 4.78 is 0.495. The lowest BCUT2D eigenvalue weighted by molar-refractivity contribution is 0.0697. The van der Waals surface area contributed by atoms with Crippen molar-refractivity contribution in [2.75, 3.05) is 5.32 Å². The van der Waals surface area contributed by atoms with Crippen LogP contribution in [0.15, 0.2) is 41.1 Å². The topological polar surface area (TPSA) is 99.5 Å². The van der Waals surface area contributed by atoms with Gasteiger partial charge in [-0.15, -0.1) is 0 Å². The Morgan fingerprint density at radius 2 is 1.95 bits per heavy atom. The molecule has 0 bridgehead atoms. The molecule has 0 atom stereocenters. The molecule has 1 amide bonds. The van der Waals surface area contributed by atoms with E-state index in [9.17, 15) is 14.7 Å².